The molecule has 1 unspecified atom stereocenters. The van der Waals surface area contributed by atoms with Crippen molar-refractivity contribution in [3.8, 4) is 11.5 Å². The zero-order chi connectivity index (χ0) is 18.4. The molecule has 2 aromatic rings. The Balaban J connectivity index is 1.46. The van der Waals surface area contributed by atoms with E-state index in [1.54, 1.807) is 24.3 Å². The summed E-state index contributed by atoms with van der Waals surface area (Å²) in [5, 5.41) is 5.69. The van der Waals surface area contributed by atoms with Crippen molar-refractivity contribution in [2.45, 2.75) is 25.9 Å². The second-order valence-corrected chi connectivity index (χ2v) is 6.20. The van der Waals surface area contributed by atoms with E-state index in [0.29, 0.717) is 31.1 Å². The first-order chi connectivity index (χ1) is 12.6. The third-order valence-electron chi connectivity index (χ3n) is 4.00. The van der Waals surface area contributed by atoms with Crippen LogP contribution in [0.2, 0.25) is 0 Å². The van der Waals surface area contributed by atoms with Crippen LogP contribution in [0.15, 0.2) is 48.5 Å². The SMILES string of the molecule is CC(CC(=O)NCc1ccc2c(c1)OCCO2)NC(=O)c1ccccc1. The van der Waals surface area contributed by atoms with Gasteiger partial charge in [-0.2, -0.15) is 0 Å². The van der Waals surface area contributed by atoms with E-state index in [2.05, 4.69) is 10.6 Å². The highest BCUT2D eigenvalue weighted by Crippen LogP contribution is 2.30. The molecule has 1 heterocycles. The van der Waals surface area contributed by atoms with E-state index in [9.17, 15) is 9.59 Å². The summed E-state index contributed by atoms with van der Waals surface area (Å²) >= 11 is 0. The summed E-state index contributed by atoms with van der Waals surface area (Å²) in [5.41, 5.74) is 1.51. The highest BCUT2D eigenvalue weighted by atomic mass is 16.6. The second-order valence-electron chi connectivity index (χ2n) is 6.20. The van der Waals surface area contributed by atoms with Gasteiger partial charge in [-0.15, -0.1) is 0 Å². The van der Waals surface area contributed by atoms with Gasteiger partial charge in [0.1, 0.15) is 13.2 Å². The van der Waals surface area contributed by atoms with Gasteiger partial charge >= 0.3 is 0 Å². The highest BCUT2D eigenvalue weighted by Gasteiger charge is 2.14. The summed E-state index contributed by atoms with van der Waals surface area (Å²) in [7, 11) is 0. The Morgan fingerprint density at radius 2 is 1.77 bits per heavy atom. The molecule has 1 aliphatic rings. The Labute approximate surface area is 152 Å². The third-order valence-corrected chi connectivity index (χ3v) is 4.00. The number of nitrogens with one attached hydrogen (secondary N) is 2. The van der Waals surface area contributed by atoms with Crippen LogP contribution < -0.4 is 20.1 Å². The molecule has 0 saturated heterocycles. The van der Waals surface area contributed by atoms with Crippen LogP contribution in [0.25, 0.3) is 0 Å². The van der Waals surface area contributed by atoms with Gasteiger partial charge in [-0.1, -0.05) is 24.3 Å². The molecule has 0 fully saturated rings. The van der Waals surface area contributed by atoms with Crippen molar-refractivity contribution in [2.24, 2.45) is 0 Å². The number of fused-ring (bicyclic) bond motifs is 1. The monoisotopic (exact) mass is 354 g/mol. The smallest absolute Gasteiger partial charge is 0.251 e. The zero-order valence-corrected chi connectivity index (χ0v) is 14.7. The van der Waals surface area contributed by atoms with Crippen LogP contribution >= 0.6 is 0 Å². The van der Waals surface area contributed by atoms with Crippen LogP contribution in [0, 0.1) is 0 Å². The molecule has 2 N–H and O–H groups in total. The molecule has 26 heavy (non-hydrogen) atoms. The van der Waals surface area contributed by atoms with Crippen molar-refractivity contribution >= 4 is 11.8 Å². The van der Waals surface area contributed by atoms with Gasteiger partial charge in [0.25, 0.3) is 5.91 Å². The lowest BCUT2D eigenvalue weighted by Gasteiger charge is -2.19. The van der Waals surface area contributed by atoms with Crippen LogP contribution in [-0.4, -0.2) is 31.1 Å². The summed E-state index contributed by atoms with van der Waals surface area (Å²) in [5.74, 6) is 1.12. The van der Waals surface area contributed by atoms with Gasteiger partial charge in [0.2, 0.25) is 5.91 Å². The number of carbonyl (C=O) groups is 2. The van der Waals surface area contributed by atoms with Crippen LogP contribution in [0.4, 0.5) is 0 Å². The number of benzene rings is 2. The Kier molecular flexibility index (Phi) is 5.73. The maximum Gasteiger partial charge on any atom is 0.251 e. The standard InChI is InChI=1S/C20H22N2O4/c1-14(22-20(24)16-5-3-2-4-6-16)11-19(23)21-13-15-7-8-17-18(12-15)26-10-9-25-17/h2-8,12,14H,9-11,13H2,1H3,(H,21,23)(H,22,24). The summed E-state index contributed by atoms with van der Waals surface area (Å²) in [6, 6.07) is 14.3. The van der Waals surface area contributed by atoms with Crippen LogP contribution in [0.5, 0.6) is 11.5 Å². The molecular formula is C20H22N2O4. The predicted molar refractivity (Wildman–Crippen MR) is 97.3 cm³/mol. The molecule has 1 atom stereocenters. The van der Waals surface area contributed by atoms with E-state index < -0.39 is 0 Å². The van der Waals surface area contributed by atoms with Gasteiger partial charge in [-0.05, 0) is 36.8 Å². The van der Waals surface area contributed by atoms with Crippen LogP contribution in [0.1, 0.15) is 29.3 Å². The first kappa shape index (κ1) is 17.8. The third kappa shape index (κ3) is 4.75. The first-order valence-electron chi connectivity index (χ1n) is 8.63. The molecule has 2 aromatic carbocycles. The molecule has 0 radical (unpaired) electrons. The molecule has 3 rings (SSSR count). The molecule has 0 spiro atoms. The Bertz CT molecular complexity index is 777. The lowest BCUT2D eigenvalue weighted by Crippen LogP contribution is -2.37. The highest BCUT2D eigenvalue weighted by molar-refractivity contribution is 5.94. The lowest BCUT2D eigenvalue weighted by molar-refractivity contribution is -0.121. The molecule has 136 valence electrons. The van der Waals surface area contributed by atoms with Gasteiger partial charge < -0.3 is 20.1 Å². The quantitative estimate of drug-likeness (QED) is 0.834. The molecule has 1 aliphatic heterocycles. The van der Waals surface area contributed by atoms with E-state index in [4.69, 9.17) is 9.47 Å². The first-order valence-corrected chi connectivity index (χ1v) is 8.63. The molecule has 2 amide bonds. The molecule has 6 heteroatoms. The summed E-state index contributed by atoms with van der Waals surface area (Å²) < 4.78 is 11.0. The molecule has 0 aromatic heterocycles. The minimum absolute atomic E-state index is 0.124. The molecule has 6 nitrogen and oxygen atoms in total. The van der Waals surface area contributed by atoms with E-state index in [1.165, 1.54) is 0 Å². The number of rotatable bonds is 6. The predicted octanol–water partition coefficient (Wildman–Crippen LogP) is 2.28. The Morgan fingerprint density at radius 1 is 1.04 bits per heavy atom. The Morgan fingerprint density at radius 3 is 2.54 bits per heavy atom. The summed E-state index contributed by atoms with van der Waals surface area (Å²) in [6.45, 7) is 3.29. The van der Waals surface area contributed by atoms with E-state index in [1.807, 2.05) is 31.2 Å². The minimum Gasteiger partial charge on any atom is -0.486 e. The van der Waals surface area contributed by atoms with E-state index in [0.717, 1.165) is 11.3 Å². The normalized spacial score (nSPS) is 13.6. The van der Waals surface area contributed by atoms with E-state index in [-0.39, 0.29) is 24.3 Å². The number of ether oxygens (including phenoxy) is 2. The summed E-state index contributed by atoms with van der Waals surface area (Å²) in [4.78, 5) is 24.2. The molecular weight excluding hydrogens is 332 g/mol. The zero-order valence-electron chi connectivity index (χ0n) is 14.7. The van der Waals surface area contributed by atoms with Crippen molar-refractivity contribution in [2.75, 3.05) is 13.2 Å². The number of carbonyl (C=O) groups excluding carboxylic acids is 2. The fraction of sp³-hybridized carbons (Fsp3) is 0.300. The fourth-order valence-electron chi connectivity index (χ4n) is 2.70. The summed E-state index contributed by atoms with van der Waals surface area (Å²) in [6.07, 6.45) is 0.211. The van der Waals surface area contributed by atoms with Gasteiger partial charge in [0.05, 0.1) is 0 Å². The van der Waals surface area contributed by atoms with Crippen molar-refractivity contribution in [3.63, 3.8) is 0 Å². The van der Waals surface area contributed by atoms with Gasteiger partial charge in [0, 0.05) is 24.6 Å². The number of hydrogen-bond acceptors (Lipinski definition) is 4. The van der Waals surface area contributed by atoms with Crippen LogP contribution in [0.3, 0.4) is 0 Å². The maximum absolute atomic E-state index is 12.1. The van der Waals surface area contributed by atoms with Crippen molar-refractivity contribution in [1.29, 1.82) is 0 Å². The lowest BCUT2D eigenvalue weighted by atomic mass is 10.1. The fourth-order valence-corrected chi connectivity index (χ4v) is 2.70. The average molecular weight is 354 g/mol. The topological polar surface area (TPSA) is 76.7 Å². The maximum atomic E-state index is 12.1. The van der Waals surface area contributed by atoms with Crippen LogP contribution in [-0.2, 0) is 11.3 Å². The van der Waals surface area contributed by atoms with Crippen molar-refractivity contribution in [3.05, 3.63) is 59.7 Å². The second kappa shape index (κ2) is 8.38. The Hall–Kier alpha value is -3.02. The average Bonchev–Trinajstić information content (AvgIpc) is 2.66. The molecule has 0 bridgehead atoms. The van der Waals surface area contributed by atoms with Crippen molar-refractivity contribution in [1.82, 2.24) is 10.6 Å². The van der Waals surface area contributed by atoms with Gasteiger partial charge in [-0.3, -0.25) is 9.59 Å². The minimum atomic E-state index is -0.261. The van der Waals surface area contributed by atoms with Gasteiger partial charge in [0.15, 0.2) is 11.5 Å². The largest absolute Gasteiger partial charge is 0.486 e. The molecule has 0 aliphatic carbocycles. The van der Waals surface area contributed by atoms with E-state index >= 15 is 0 Å². The van der Waals surface area contributed by atoms with Crippen molar-refractivity contribution < 1.29 is 19.1 Å². The van der Waals surface area contributed by atoms with Gasteiger partial charge in [-0.25, -0.2) is 0 Å². The number of amides is 2. The molecule has 0 saturated carbocycles. The number of hydrogen-bond donors (Lipinski definition) is 2.